The summed E-state index contributed by atoms with van der Waals surface area (Å²) in [5.41, 5.74) is 0.794. The number of nitrogens with zero attached hydrogens (tertiary/aromatic N) is 1. The third-order valence-electron chi connectivity index (χ3n) is 3.16. The van der Waals surface area contributed by atoms with Crippen LogP contribution >= 0.6 is 22.6 Å². The normalized spacial score (nSPS) is 16.8. The Hall–Kier alpha value is -0.620. The molecule has 1 amide bonds. The van der Waals surface area contributed by atoms with Crippen molar-refractivity contribution in [2.24, 2.45) is 0 Å². The summed E-state index contributed by atoms with van der Waals surface area (Å²) in [6.45, 7) is 1.52. The van der Waals surface area contributed by atoms with E-state index in [1.807, 2.05) is 36.2 Å². The molecular formula is C13H16INO2. The van der Waals surface area contributed by atoms with Crippen LogP contribution in [0.25, 0.3) is 0 Å². The molecule has 0 N–H and O–H groups in total. The van der Waals surface area contributed by atoms with Crippen molar-refractivity contribution in [3.63, 3.8) is 0 Å². The van der Waals surface area contributed by atoms with Crippen molar-refractivity contribution < 1.29 is 9.53 Å². The van der Waals surface area contributed by atoms with Crippen LogP contribution in [-0.4, -0.2) is 37.1 Å². The third kappa shape index (κ3) is 2.98. The Morgan fingerprint density at radius 2 is 2.00 bits per heavy atom. The molecular weight excluding hydrogens is 329 g/mol. The van der Waals surface area contributed by atoms with Crippen LogP contribution in [-0.2, 0) is 4.74 Å². The maximum atomic E-state index is 12.3. The fraction of sp³-hybridized carbons (Fsp3) is 0.462. The van der Waals surface area contributed by atoms with Crippen LogP contribution in [0.5, 0.6) is 0 Å². The number of benzene rings is 1. The lowest BCUT2D eigenvalue weighted by molar-refractivity contribution is 0.0361. The Morgan fingerprint density at radius 3 is 2.65 bits per heavy atom. The van der Waals surface area contributed by atoms with Crippen LogP contribution < -0.4 is 0 Å². The van der Waals surface area contributed by atoms with Crippen molar-refractivity contribution in [1.29, 1.82) is 0 Å². The Balaban J connectivity index is 2.11. The fourth-order valence-electron chi connectivity index (χ4n) is 2.06. The van der Waals surface area contributed by atoms with Gasteiger partial charge in [0.15, 0.2) is 0 Å². The van der Waals surface area contributed by atoms with Gasteiger partial charge in [-0.15, -0.1) is 0 Å². The van der Waals surface area contributed by atoms with E-state index in [4.69, 9.17) is 4.74 Å². The van der Waals surface area contributed by atoms with Crippen molar-refractivity contribution in [3.8, 4) is 0 Å². The number of rotatable bonds is 2. The SMILES string of the molecule is CN(C(=O)c1ccccc1I)C1CCOCC1. The molecule has 3 nitrogen and oxygen atoms in total. The van der Waals surface area contributed by atoms with Gasteiger partial charge in [-0.05, 0) is 47.6 Å². The van der Waals surface area contributed by atoms with Crippen LogP contribution in [0.4, 0.5) is 0 Å². The Kier molecular flexibility index (Phi) is 4.39. The molecule has 1 aliphatic heterocycles. The monoisotopic (exact) mass is 345 g/mol. The lowest BCUT2D eigenvalue weighted by Crippen LogP contribution is -2.40. The zero-order valence-electron chi connectivity index (χ0n) is 9.86. The minimum atomic E-state index is 0.113. The van der Waals surface area contributed by atoms with E-state index in [9.17, 15) is 4.79 Å². The van der Waals surface area contributed by atoms with Gasteiger partial charge in [0.1, 0.15) is 0 Å². The maximum Gasteiger partial charge on any atom is 0.254 e. The van der Waals surface area contributed by atoms with Crippen molar-refractivity contribution in [2.75, 3.05) is 20.3 Å². The van der Waals surface area contributed by atoms with E-state index < -0.39 is 0 Å². The van der Waals surface area contributed by atoms with E-state index >= 15 is 0 Å². The highest BCUT2D eigenvalue weighted by molar-refractivity contribution is 14.1. The van der Waals surface area contributed by atoms with Gasteiger partial charge in [-0.2, -0.15) is 0 Å². The van der Waals surface area contributed by atoms with E-state index in [-0.39, 0.29) is 5.91 Å². The van der Waals surface area contributed by atoms with Crippen molar-refractivity contribution in [3.05, 3.63) is 33.4 Å². The summed E-state index contributed by atoms with van der Waals surface area (Å²) in [5.74, 6) is 0.113. The van der Waals surface area contributed by atoms with Gasteiger partial charge in [0, 0.05) is 29.9 Å². The number of ether oxygens (including phenoxy) is 1. The molecule has 2 rings (SSSR count). The standard InChI is InChI=1S/C13H16INO2/c1-15(10-6-8-17-9-7-10)13(16)11-4-2-3-5-12(11)14/h2-5,10H,6-9H2,1H3. The topological polar surface area (TPSA) is 29.5 Å². The van der Waals surface area contributed by atoms with Gasteiger partial charge in [0.05, 0.1) is 5.56 Å². The lowest BCUT2D eigenvalue weighted by Gasteiger charge is -2.31. The quantitative estimate of drug-likeness (QED) is 0.771. The number of hydrogen-bond acceptors (Lipinski definition) is 2. The summed E-state index contributed by atoms with van der Waals surface area (Å²) < 4.78 is 6.33. The third-order valence-corrected chi connectivity index (χ3v) is 4.10. The van der Waals surface area contributed by atoms with E-state index in [1.165, 1.54) is 0 Å². The molecule has 0 aromatic heterocycles. The lowest BCUT2D eigenvalue weighted by atomic mass is 10.1. The molecule has 0 bridgehead atoms. The molecule has 92 valence electrons. The van der Waals surface area contributed by atoms with Crippen LogP contribution in [0, 0.1) is 3.57 Å². The largest absolute Gasteiger partial charge is 0.381 e. The molecule has 0 saturated carbocycles. The maximum absolute atomic E-state index is 12.3. The average Bonchev–Trinajstić information content (AvgIpc) is 2.39. The summed E-state index contributed by atoms with van der Waals surface area (Å²) in [4.78, 5) is 14.2. The molecule has 1 aliphatic rings. The number of carbonyl (C=O) groups is 1. The van der Waals surface area contributed by atoms with Gasteiger partial charge in [0.25, 0.3) is 5.91 Å². The van der Waals surface area contributed by atoms with Gasteiger partial charge in [0.2, 0.25) is 0 Å². The first-order valence-corrected chi connectivity index (χ1v) is 6.87. The molecule has 1 heterocycles. The second-order valence-electron chi connectivity index (χ2n) is 4.24. The fourth-order valence-corrected chi connectivity index (χ4v) is 2.68. The highest BCUT2D eigenvalue weighted by Gasteiger charge is 2.24. The first kappa shape index (κ1) is 12.8. The Labute approximate surface area is 115 Å². The first-order valence-electron chi connectivity index (χ1n) is 5.79. The smallest absolute Gasteiger partial charge is 0.254 e. The van der Waals surface area contributed by atoms with Gasteiger partial charge in [-0.1, -0.05) is 12.1 Å². The summed E-state index contributed by atoms with van der Waals surface area (Å²) >= 11 is 2.21. The average molecular weight is 345 g/mol. The van der Waals surface area contributed by atoms with E-state index in [2.05, 4.69) is 22.6 Å². The molecule has 0 spiro atoms. The van der Waals surface area contributed by atoms with Gasteiger partial charge in [-0.25, -0.2) is 0 Å². The van der Waals surface area contributed by atoms with Gasteiger partial charge < -0.3 is 9.64 Å². The molecule has 0 aliphatic carbocycles. The highest BCUT2D eigenvalue weighted by Crippen LogP contribution is 2.18. The molecule has 1 fully saturated rings. The van der Waals surface area contributed by atoms with Crippen LogP contribution in [0.15, 0.2) is 24.3 Å². The van der Waals surface area contributed by atoms with Crippen LogP contribution in [0.2, 0.25) is 0 Å². The highest BCUT2D eigenvalue weighted by atomic mass is 127. The van der Waals surface area contributed by atoms with Crippen LogP contribution in [0.3, 0.4) is 0 Å². The first-order chi connectivity index (χ1) is 8.20. The van der Waals surface area contributed by atoms with E-state index in [1.54, 1.807) is 0 Å². The molecule has 1 aromatic carbocycles. The molecule has 17 heavy (non-hydrogen) atoms. The zero-order valence-corrected chi connectivity index (χ0v) is 12.0. The number of hydrogen-bond donors (Lipinski definition) is 0. The van der Waals surface area contributed by atoms with Crippen molar-refractivity contribution >= 4 is 28.5 Å². The van der Waals surface area contributed by atoms with Gasteiger partial charge in [-0.3, -0.25) is 4.79 Å². The van der Waals surface area contributed by atoms with Crippen molar-refractivity contribution in [2.45, 2.75) is 18.9 Å². The predicted molar refractivity (Wildman–Crippen MR) is 75.1 cm³/mol. The molecule has 1 aromatic rings. The molecule has 0 unspecified atom stereocenters. The molecule has 0 radical (unpaired) electrons. The summed E-state index contributed by atoms with van der Waals surface area (Å²) in [5, 5.41) is 0. The zero-order chi connectivity index (χ0) is 12.3. The van der Waals surface area contributed by atoms with Crippen molar-refractivity contribution in [1.82, 2.24) is 4.90 Å². The summed E-state index contributed by atoms with van der Waals surface area (Å²) in [6, 6.07) is 8.03. The predicted octanol–water partition coefficient (Wildman–Crippen LogP) is 2.54. The Morgan fingerprint density at radius 1 is 1.35 bits per heavy atom. The molecule has 1 saturated heterocycles. The second-order valence-corrected chi connectivity index (χ2v) is 5.40. The minimum Gasteiger partial charge on any atom is -0.381 e. The summed E-state index contributed by atoms with van der Waals surface area (Å²) in [6.07, 6.45) is 1.87. The number of amides is 1. The Bertz CT molecular complexity index is 402. The van der Waals surface area contributed by atoms with E-state index in [0.717, 1.165) is 35.2 Å². The van der Waals surface area contributed by atoms with E-state index in [0.29, 0.717) is 6.04 Å². The second kappa shape index (κ2) is 5.82. The molecule has 4 heteroatoms. The molecule has 0 atom stereocenters. The summed E-state index contributed by atoms with van der Waals surface area (Å²) in [7, 11) is 1.89. The number of carbonyl (C=O) groups excluding carboxylic acids is 1. The van der Waals surface area contributed by atoms with Crippen LogP contribution in [0.1, 0.15) is 23.2 Å². The van der Waals surface area contributed by atoms with Gasteiger partial charge >= 0.3 is 0 Å². The number of halogens is 1. The minimum absolute atomic E-state index is 0.113.